The highest BCUT2D eigenvalue weighted by molar-refractivity contribution is 6.03. The van der Waals surface area contributed by atoms with Gasteiger partial charge in [-0.1, -0.05) is 44.6 Å². The van der Waals surface area contributed by atoms with Gasteiger partial charge in [0.1, 0.15) is 17.3 Å². The first-order chi connectivity index (χ1) is 16.4. The van der Waals surface area contributed by atoms with Crippen LogP contribution in [0, 0.1) is 13.8 Å². The summed E-state index contributed by atoms with van der Waals surface area (Å²) in [5.41, 5.74) is 2.31. The van der Waals surface area contributed by atoms with Crippen LogP contribution >= 0.6 is 0 Å². The van der Waals surface area contributed by atoms with Gasteiger partial charge in [0.15, 0.2) is 5.78 Å². The first kappa shape index (κ1) is 31.6. The molecule has 0 spiro atoms. The molecule has 2 heterocycles. The highest BCUT2D eigenvalue weighted by Gasteiger charge is 2.32. The van der Waals surface area contributed by atoms with Crippen molar-refractivity contribution in [2.45, 2.75) is 61.1 Å². The monoisotopic (exact) mass is 491 g/mol. The van der Waals surface area contributed by atoms with Crippen molar-refractivity contribution in [3.8, 4) is 5.75 Å². The van der Waals surface area contributed by atoms with Crippen LogP contribution in [0.25, 0.3) is 0 Å². The Hall–Kier alpha value is -3.42. The maximum absolute atomic E-state index is 12.2. The van der Waals surface area contributed by atoms with Gasteiger partial charge in [0, 0.05) is 17.0 Å². The van der Waals surface area contributed by atoms with Crippen LogP contribution in [0.1, 0.15) is 73.9 Å². The van der Waals surface area contributed by atoms with E-state index in [2.05, 4.69) is 28.8 Å². The Morgan fingerprint density at radius 1 is 1.20 bits per heavy atom. The lowest BCUT2D eigenvalue weighted by atomic mass is 10.1. The van der Waals surface area contributed by atoms with Crippen LogP contribution in [0.15, 0.2) is 59.8 Å². The second kappa shape index (κ2) is 15.5. The molecule has 0 saturated heterocycles. The van der Waals surface area contributed by atoms with E-state index in [4.69, 9.17) is 0 Å². The Balaban J connectivity index is 0.000000542. The van der Waals surface area contributed by atoms with E-state index in [9.17, 15) is 23.1 Å². The number of aromatic nitrogens is 1. The number of benzene rings is 1. The number of amidine groups is 1. The molecule has 0 unspecified atom stereocenters. The lowest BCUT2D eigenvalue weighted by Gasteiger charge is -2.07. The standard InChI is InChI=1S/C12H14N2O.C9H8F3NO.C4H8.C2H6/c1-3-9-7-13-12(14-9)10-6-8(2)4-5-11(10)15;1-5-7(6(2)14)3-4-8(13-5)9(10,11)12;1-3-4-2;1-2/h3-6,15H,7H2,1-2H3,(H,13,14);3-4H,1-2H3;3H,1,4H2,2H3;1-2H3/b9-3+;;;. The van der Waals surface area contributed by atoms with Crippen LogP contribution in [-0.2, 0) is 6.18 Å². The molecular weight excluding hydrogens is 455 g/mol. The summed E-state index contributed by atoms with van der Waals surface area (Å²) in [6.45, 7) is 16.8. The molecule has 0 atom stereocenters. The highest BCUT2D eigenvalue weighted by Crippen LogP contribution is 2.28. The van der Waals surface area contributed by atoms with Gasteiger partial charge in [-0.2, -0.15) is 13.2 Å². The molecule has 0 bridgehead atoms. The van der Waals surface area contributed by atoms with Gasteiger partial charge in [-0.05, 0) is 58.4 Å². The molecule has 0 saturated carbocycles. The fourth-order valence-corrected chi connectivity index (χ4v) is 2.64. The van der Waals surface area contributed by atoms with Crippen molar-refractivity contribution in [3.05, 3.63) is 82.8 Å². The molecule has 0 amide bonds. The number of allylic oxidation sites excluding steroid dienone is 2. The van der Waals surface area contributed by atoms with Gasteiger partial charge in [-0.15, -0.1) is 6.58 Å². The number of nitrogens with one attached hydrogen (secondary N) is 1. The van der Waals surface area contributed by atoms with Crippen LogP contribution in [0.2, 0.25) is 0 Å². The van der Waals surface area contributed by atoms with Crippen LogP contribution in [0.3, 0.4) is 0 Å². The van der Waals surface area contributed by atoms with Crippen LogP contribution < -0.4 is 5.32 Å². The van der Waals surface area contributed by atoms with Gasteiger partial charge >= 0.3 is 6.18 Å². The molecule has 2 N–H and O–H groups in total. The number of aromatic hydroxyl groups is 1. The number of pyridine rings is 1. The van der Waals surface area contributed by atoms with Crippen molar-refractivity contribution >= 4 is 11.6 Å². The molecule has 1 aromatic heterocycles. The molecule has 5 nitrogen and oxygen atoms in total. The Labute approximate surface area is 206 Å². The van der Waals surface area contributed by atoms with Crippen molar-refractivity contribution in [1.29, 1.82) is 0 Å². The minimum Gasteiger partial charge on any atom is -0.507 e. The minimum absolute atomic E-state index is 0.104. The number of phenolic OH excluding ortho intramolecular Hbond substituents is 1. The third kappa shape index (κ3) is 10.6. The smallest absolute Gasteiger partial charge is 0.433 e. The Morgan fingerprint density at radius 2 is 1.80 bits per heavy atom. The van der Waals surface area contributed by atoms with Gasteiger partial charge in [0.05, 0.1) is 12.1 Å². The number of ketones is 1. The fourth-order valence-electron chi connectivity index (χ4n) is 2.64. The predicted molar refractivity (Wildman–Crippen MR) is 137 cm³/mol. The lowest BCUT2D eigenvalue weighted by Crippen LogP contribution is -2.18. The van der Waals surface area contributed by atoms with E-state index in [0.717, 1.165) is 41.2 Å². The van der Waals surface area contributed by atoms with Gasteiger partial charge in [0.2, 0.25) is 0 Å². The molecule has 0 aliphatic carbocycles. The number of halogens is 3. The number of aliphatic imine (C=N–C) groups is 1. The summed E-state index contributed by atoms with van der Waals surface area (Å²) < 4.78 is 36.5. The molecule has 1 aliphatic heterocycles. The maximum Gasteiger partial charge on any atom is 0.433 e. The van der Waals surface area contributed by atoms with Crippen LogP contribution in [-0.4, -0.2) is 28.3 Å². The molecule has 35 heavy (non-hydrogen) atoms. The number of rotatable bonds is 3. The lowest BCUT2D eigenvalue weighted by molar-refractivity contribution is -0.141. The summed E-state index contributed by atoms with van der Waals surface area (Å²) in [7, 11) is 0. The van der Waals surface area contributed by atoms with Crippen molar-refractivity contribution in [3.63, 3.8) is 0 Å². The first-order valence-corrected chi connectivity index (χ1v) is 11.4. The summed E-state index contributed by atoms with van der Waals surface area (Å²) in [6.07, 6.45) is 0.490. The predicted octanol–water partition coefficient (Wildman–Crippen LogP) is 7.17. The number of carbonyl (C=O) groups excluding carboxylic acids is 1. The average Bonchev–Trinajstić information content (AvgIpc) is 3.31. The minimum atomic E-state index is -4.46. The molecule has 1 aromatic carbocycles. The van der Waals surface area contributed by atoms with Crippen molar-refractivity contribution in [1.82, 2.24) is 10.3 Å². The second-order valence-corrected chi connectivity index (χ2v) is 7.20. The Bertz CT molecular complexity index is 1040. The van der Waals surface area contributed by atoms with Gasteiger partial charge in [-0.3, -0.25) is 9.79 Å². The number of carbonyl (C=O) groups is 1. The normalized spacial score (nSPS) is 13.1. The van der Waals surface area contributed by atoms with Gasteiger partial charge in [0.25, 0.3) is 0 Å². The SMILES string of the molecule is C/C=C1\CN=C(c2cc(C)ccc2O)N1.C=CCC.CC.CC(=O)c1ccc(C(F)(F)F)nc1C. The first-order valence-electron chi connectivity index (χ1n) is 11.4. The van der Waals surface area contributed by atoms with Gasteiger partial charge in [-0.25, -0.2) is 4.98 Å². The Kier molecular flexibility index (Phi) is 14.0. The average molecular weight is 492 g/mol. The zero-order chi connectivity index (χ0) is 27.2. The van der Waals surface area contributed by atoms with E-state index >= 15 is 0 Å². The summed E-state index contributed by atoms with van der Waals surface area (Å²) in [5.74, 6) is 0.734. The number of hydrogen-bond donors (Lipinski definition) is 2. The van der Waals surface area contributed by atoms with E-state index in [-0.39, 0.29) is 22.8 Å². The van der Waals surface area contributed by atoms with E-state index < -0.39 is 11.9 Å². The Morgan fingerprint density at radius 3 is 2.23 bits per heavy atom. The molecule has 0 fully saturated rings. The zero-order valence-electron chi connectivity index (χ0n) is 21.5. The van der Waals surface area contributed by atoms with E-state index in [1.165, 1.54) is 13.8 Å². The van der Waals surface area contributed by atoms with Gasteiger partial charge < -0.3 is 10.4 Å². The van der Waals surface area contributed by atoms with Crippen molar-refractivity contribution in [2.24, 2.45) is 4.99 Å². The van der Waals surface area contributed by atoms with E-state index in [0.29, 0.717) is 6.54 Å². The summed E-state index contributed by atoms with van der Waals surface area (Å²) >= 11 is 0. The topological polar surface area (TPSA) is 74.6 Å². The molecular formula is C27H36F3N3O2. The second-order valence-electron chi connectivity index (χ2n) is 7.20. The third-order valence-corrected chi connectivity index (χ3v) is 4.49. The zero-order valence-corrected chi connectivity index (χ0v) is 21.5. The summed E-state index contributed by atoms with van der Waals surface area (Å²) in [5, 5.41) is 12.9. The van der Waals surface area contributed by atoms with E-state index in [1.54, 1.807) is 6.07 Å². The number of nitrogens with zero attached hydrogens (tertiary/aromatic N) is 2. The van der Waals surface area contributed by atoms with Crippen molar-refractivity contribution < 1.29 is 23.1 Å². The van der Waals surface area contributed by atoms with Crippen LogP contribution in [0.4, 0.5) is 13.2 Å². The fraction of sp³-hybridized carbons (Fsp3) is 0.370. The number of phenols is 1. The largest absolute Gasteiger partial charge is 0.507 e. The molecule has 2 aromatic rings. The number of Topliss-reactive ketones (excluding diaryl/α,β-unsaturated/α-hetero) is 1. The quantitative estimate of drug-likeness (QED) is 0.352. The summed E-state index contributed by atoms with van der Waals surface area (Å²) in [4.78, 5) is 18.6. The number of hydrogen-bond acceptors (Lipinski definition) is 5. The number of aryl methyl sites for hydroxylation is 2. The van der Waals surface area contributed by atoms with Crippen LogP contribution in [0.5, 0.6) is 5.75 Å². The highest BCUT2D eigenvalue weighted by atomic mass is 19.4. The molecule has 192 valence electrons. The molecule has 1 aliphatic rings. The number of alkyl halides is 3. The molecule has 0 radical (unpaired) electrons. The molecule has 3 rings (SSSR count). The van der Waals surface area contributed by atoms with E-state index in [1.807, 2.05) is 52.0 Å². The third-order valence-electron chi connectivity index (χ3n) is 4.49. The van der Waals surface area contributed by atoms with Crippen molar-refractivity contribution in [2.75, 3.05) is 6.54 Å². The maximum atomic E-state index is 12.2. The summed E-state index contributed by atoms with van der Waals surface area (Å²) in [6, 6.07) is 7.46. The molecule has 8 heteroatoms.